The van der Waals surface area contributed by atoms with E-state index in [1.165, 1.54) is 0 Å². The Balaban J connectivity index is 2.51. The van der Waals surface area contributed by atoms with Gasteiger partial charge in [-0.25, -0.2) is 0 Å². The second-order valence-electron chi connectivity index (χ2n) is 3.84. The second-order valence-corrected chi connectivity index (χ2v) is 3.84. The monoisotopic (exact) mass is 223 g/mol. The van der Waals surface area contributed by atoms with Crippen molar-refractivity contribution < 1.29 is 14.2 Å². The number of rotatable bonds is 2. The molecule has 4 nitrogen and oxygen atoms in total. The molecular formula is C12H17NO3. The van der Waals surface area contributed by atoms with Gasteiger partial charge in [-0.2, -0.15) is 0 Å². The van der Waals surface area contributed by atoms with Crippen molar-refractivity contribution in [3.63, 3.8) is 0 Å². The van der Waals surface area contributed by atoms with Crippen molar-refractivity contribution in [2.24, 2.45) is 5.73 Å². The zero-order valence-electron chi connectivity index (χ0n) is 9.66. The van der Waals surface area contributed by atoms with Gasteiger partial charge < -0.3 is 19.9 Å². The first-order valence-electron chi connectivity index (χ1n) is 5.40. The van der Waals surface area contributed by atoms with Gasteiger partial charge in [-0.1, -0.05) is 0 Å². The van der Waals surface area contributed by atoms with E-state index in [-0.39, 0.29) is 6.04 Å². The topological polar surface area (TPSA) is 53.7 Å². The van der Waals surface area contributed by atoms with Crippen molar-refractivity contribution in [2.45, 2.75) is 18.9 Å². The fourth-order valence-electron chi connectivity index (χ4n) is 1.98. The highest BCUT2D eigenvalue weighted by atomic mass is 16.5. The molecule has 0 saturated heterocycles. The van der Waals surface area contributed by atoms with E-state index < -0.39 is 0 Å². The minimum atomic E-state index is -0.0293. The van der Waals surface area contributed by atoms with E-state index in [1.807, 2.05) is 12.1 Å². The molecule has 4 heteroatoms. The van der Waals surface area contributed by atoms with Crippen LogP contribution >= 0.6 is 0 Å². The highest BCUT2D eigenvalue weighted by molar-refractivity contribution is 5.52. The molecule has 0 fully saturated rings. The summed E-state index contributed by atoms with van der Waals surface area (Å²) in [6.07, 6.45) is 1.87. The Bertz CT molecular complexity index is 379. The van der Waals surface area contributed by atoms with Gasteiger partial charge in [0.05, 0.1) is 26.4 Å². The SMILES string of the molecule is COc1cc(OC)c2c(c1)OCCC[C@@H]2N. The fraction of sp³-hybridized carbons (Fsp3) is 0.500. The Morgan fingerprint density at radius 2 is 2.12 bits per heavy atom. The summed E-state index contributed by atoms with van der Waals surface area (Å²) in [6.45, 7) is 0.691. The summed E-state index contributed by atoms with van der Waals surface area (Å²) < 4.78 is 16.2. The van der Waals surface area contributed by atoms with Crippen LogP contribution in [0.1, 0.15) is 24.4 Å². The van der Waals surface area contributed by atoms with Crippen LogP contribution in [0.25, 0.3) is 0 Å². The normalized spacial score (nSPS) is 19.3. The Kier molecular flexibility index (Phi) is 3.19. The maximum atomic E-state index is 6.11. The molecule has 1 aliphatic heterocycles. The van der Waals surface area contributed by atoms with Gasteiger partial charge in [-0.3, -0.25) is 0 Å². The molecule has 1 heterocycles. The Morgan fingerprint density at radius 3 is 2.81 bits per heavy atom. The van der Waals surface area contributed by atoms with Crippen molar-refractivity contribution in [1.29, 1.82) is 0 Å². The number of fused-ring (bicyclic) bond motifs is 1. The number of hydrogen-bond acceptors (Lipinski definition) is 4. The van der Waals surface area contributed by atoms with E-state index in [0.29, 0.717) is 6.61 Å². The molecule has 1 atom stereocenters. The van der Waals surface area contributed by atoms with Crippen LogP contribution in [0.5, 0.6) is 17.2 Å². The minimum Gasteiger partial charge on any atom is -0.496 e. The van der Waals surface area contributed by atoms with Crippen LogP contribution in [0.4, 0.5) is 0 Å². The molecule has 0 saturated carbocycles. The molecule has 0 unspecified atom stereocenters. The maximum Gasteiger partial charge on any atom is 0.131 e. The van der Waals surface area contributed by atoms with Gasteiger partial charge in [-0.15, -0.1) is 0 Å². The van der Waals surface area contributed by atoms with Crippen molar-refractivity contribution in [1.82, 2.24) is 0 Å². The minimum absolute atomic E-state index is 0.0293. The predicted octanol–water partition coefficient (Wildman–Crippen LogP) is 1.88. The van der Waals surface area contributed by atoms with Gasteiger partial charge in [0.2, 0.25) is 0 Å². The lowest BCUT2D eigenvalue weighted by Crippen LogP contribution is -2.10. The first-order chi connectivity index (χ1) is 7.76. The van der Waals surface area contributed by atoms with Crippen LogP contribution in [0.15, 0.2) is 12.1 Å². The number of benzene rings is 1. The summed E-state index contributed by atoms with van der Waals surface area (Å²) >= 11 is 0. The third-order valence-electron chi connectivity index (χ3n) is 2.82. The summed E-state index contributed by atoms with van der Waals surface area (Å²) in [4.78, 5) is 0. The Hall–Kier alpha value is -1.42. The molecule has 2 rings (SSSR count). The van der Waals surface area contributed by atoms with Gasteiger partial charge in [0, 0.05) is 18.2 Å². The number of hydrogen-bond donors (Lipinski definition) is 1. The summed E-state index contributed by atoms with van der Waals surface area (Å²) in [5, 5.41) is 0. The number of methoxy groups -OCH3 is 2. The molecule has 1 aromatic carbocycles. The molecule has 0 bridgehead atoms. The van der Waals surface area contributed by atoms with Crippen molar-refractivity contribution in [3.8, 4) is 17.2 Å². The standard InChI is InChI=1S/C12H17NO3/c1-14-8-6-10(15-2)12-9(13)4-3-5-16-11(12)7-8/h6-7,9H,3-5,13H2,1-2H3/t9-/m0/s1. The van der Waals surface area contributed by atoms with Crippen LogP contribution in [0.2, 0.25) is 0 Å². The van der Waals surface area contributed by atoms with E-state index in [1.54, 1.807) is 14.2 Å². The highest BCUT2D eigenvalue weighted by Crippen LogP contribution is 2.40. The van der Waals surface area contributed by atoms with Crippen LogP contribution in [0, 0.1) is 0 Å². The largest absolute Gasteiger partial charge is 0.496 e. The van der Waals surface area contributed by atoms with Crippen molar-refractivity contribution >= 4 is 0 Å². The third-order valence-corrected chi connectivity index (χ3v) is 2.82. The Labute approximate surface area is 95.3 Å². The van der Waals surface area contributed by atoms with Crippen LogP contribution in [0.3, 0.4) is 0 Å². The zero-order chi connectivity index (χ0) is 11.5. The lowest BCUT2D eigenvalue weighted by molar-refractivity contribution is 0.311. The molecule has 16 heavy (non-hydrogen) atoms. The average Bonchev–Trinajstić information content (AvgIpc) is 2.50. The molecule has 88 valence electrons. The fourth-order valence-corrected chi connectivity index (χ4v) is 1.98. The van der Waals surface area contributed by atoms with E-state index in [4.69, 9.17) is 19.9 Å². The summed E-state index contributed by atoms with van der Waals surface area (Å²) in [7, 11) is 3.25. The lowest BCUT2D eigenvalue weighted by Gasteiger charge is -2.17. The summed E-state index contributed by atoms with van der Waals surface area (Å²) in [5.41, 5.74) is 7.06. The van der Waals surface area contributed by atoms with Crippen LogP contribution in [-0.2, 0) is 0 Å². The zero-order valence-corrected chi connectivity index (χ0v) is 9.66. The lowest BCUT2D eigenvalue weighted by atomic mass is 10.0. The molecule has 1 aliphatic rings. The van der Waals surface area contributed by atoms with Gasteiger partial charge in [0.15, 0.2) is 0 Å². The molecule has 0 aromatic heterocycles. The molecule has 0 radical (unpaired) electrons. The van der Waals surface area contributed by atoms with Gasteiger partial charge in [0.25, 0.3) is 0 Å². The van der Waals surface area contributed by atoms with E-state index in [9.17, 15) is 0 Å². The Morgan fingerprint density at radius 1 is 1.31 bits per heavy atom. The number of ether oxygens (including phenoxy) is 3. The number of nitrogens with two attached hydrogens (primary N) is 1. The molecule has 0 aliphatic carbocycles. The van der Waals surface area contributed by atoms with E-state index >= 15 is 0 Å². The smallest absolute Gasteiger partial charge is 0.131 e. The van der Waals surface area contributed by atoms with Crippen LogP contribution < -0.4 is 19.9 Å². The summed E-state index contributed by atoms with van der Waals surface area (Å²) in [6, 6.07) is 3.68. The van der Waals surface area contributed by atoms with Gasteiger partial charge >= 0.3 is 0 Å². The average molecular weight is 223 g/mol. The highest BCUT2D eigenvalue weighted by Gasteiger charge is 2.22. The first-order valence-corrected chi connectivity index (χ1v) is 5.40. The van der Waals surface area contributed by atoms with Crippen molar-refractivity contribution in [3.05, 3.63) is 17.7 Å². The molecular weight excluding hydrogens is 206 g/mol. The molecule has 2 N–H and O–H groups in total. The first kappa shape index (κ1) is 11.1. The quantitative estimate of drug-likeness (QED) is 0.831. The third kappa shape index (κ3) is 1.93. The predicted molar refractivity (Wildman–Crippen MR) is 61.2 cm³/mol. The molecule has 0 amide bonds. The van der Waals surface area contributed by atoms with Gasteiger partial charge in [-0.05, 0) is 12.8 Å². The molecule has 0 spiro atoms. The molecule has 1 aromatic rings. The van der Waals surface area contributed by atoms with Crippen LogP contribution in [-0.4, -0.2) is 20.8 Å². The van der Waals surface area contributed by atoms with Crippen molar-refractivity contribution in [2.75, 3.05) is 20.8 Å². The van der Waals surface area contributed by atoms with Gasteiger partial charge in [0.1, 0.15) is 17.2 Å². The maximum absolute atomic E-state index is 6.11. The summed E-state index contributed by atoms with van der Waals surface area (Å²) in [5.74, 6) is 2.25. The second kappa shape index (κ2) is 4.61. The van der Waals surface area contributed by atoms with E-state index in [2.05, 4.69) is 0 Å². The van der Waals surface area contributed by atoms with E-state index in [0.717, 1.165) is 35.7 Å².